The maximum atomic E-state index is 11.3. The number of nitrogens with one attached hydrogen (secondary N) is 1. The minimum absolute atomic E-state index is 0.421. The van der Waals surface area contributed by atoms with Crippen molar-refractivity contribution in [3.63, 3.8) is 0 Å². The maximum absolute atomic E-state index is 11.3. The number of alkyl halides is 3. The van der Waals surface area contributed by atoms with Crippen molar-refractivity contribution >= 4 is 16.3 Å². The topological polar surface area (TPSA) is 130 Å². The van der Waals surface area contributed by atoms with Crippen LogP contribution in [-0.2, 0) is 15.2 Å². The van der Waals surface area contributed by atoms with Gasteiger partial charge in [-0.25, -0.2) is 0 Å². The van der Waals surface area contributed by atoms with E-state index in [4.69, 9.17) is 23.3 Å². The Kier molecular flexibility index (Phi) is 7.21. The van der Waals surface area contributed by atoms with E-state index in [1.165, 1.54) is 0 Å². The Morgan fingerprint density at radius 3 is 1.87 bits per heavy atom. The van der Waals surface area contributed by atoms with Gasteiger partial charge in [-0.2, -0.15) is 21.6 Å². The summed E-state index contributed by atoms with van der Waals surface area (Å²) in [5, 5.41) is 1.58. The molecule has 0 radical (unpaired) electrons. The van der Waals surface area contributed by atoms with Gasteiger partial charge in [0.1, 0.15) is 6.54 Å². The predicted molar refractivity (Wildman–Crippen MR) is 42.3 cm³/mol. The summed E-state index contributed by atoms with van der Waals surface area (Å²) in [7, 11) is -4.67. The van der Waals surface area contributed by atoms with Crippen molar-refractivity contribution in [1.29, 1.82) is 0 Å². The molecule has 0 aromatic carbocycles. The fraction of sp³-hybridized carbons (Fsp3) is 0.750. The van der Waals surface area contributed by atoms with Crippen LogP contribution in [0.25, 0.3) is 0 Å². The van der Waals surface area contributed by atoms with Gasteiger partial charge >= 0.3 is 16.6 Å². The summed E-state index contributed by atoms with van der Waals surface area (Å²) in [6.45, 7) is -1.74. The molecule has 0 aromatic heterocycles. The first kappa shape index (κ1) is 16.5. The van der Waals surface area contributed by atoms with Crippen molar-refractivity contribution in [3.05, 3.63) is 0 Å². The normalized spacial score (nSPS) is 11.3. The van der Waals surface area contributed by atoms with Gasteiger partial charge in [-0.15, -0.1) is 0 Å². The number of hydrogen-bond acceptors (Lipinski definition) is 4. The summed E-state index contributed by atoms with van der Waals surface area (Å²) in [5.74, 6) is -0.808. The number of rotatable bonds is 2. The molecule has 0 saturated carbocycles. The monoisotopic (exact) mass is 254 g/mol. The van der Waals surface area contributed by atoms with Crippen LogP contribution >= 0.6 is 0 Å². The molecular weight excluding hydrogens is 245 g/mol. The molecule has 0 aliphatic carbocycles. The van der Waals surface area contributed by atoms with Crippen LogP contribution < -0.4 is 11.1 Å². The van der Waals surface area contributed by atoms with E-state index in [1.807, 2.05) is 0 Å². The van der Waals surface area contributed by atoms with Crippen molar-refractivity contribution in [2.75, 3.05) is 13.1 Å². The average Bonchev–Trinajstić information content (AvgIpc) is 1.95. The van der Waals surface area contributed by atoms with Crippen molar-refractivity contribution in [2.45, 2.75) is 6.18 Å². The highest BCUT2D eigenvalue weighted by Crippen LogP contribution is 2.11. The Morgan fingerprint density at radius 1 is 1.33 bits per heavy atom. The molecule has 0 aliphatic heterocycles. The Labute approximate surface area is 83.0 Å². The van der Waals surface area contributed by atoms with E-state index in [-0.39, 0.29) is 0 Å². The fourth-order valence-electron chi connectivity index (χ4n) is 0.271. The van der Waals surface area contributed by atoms with E-state index >= 15 is 0 Å². The molecule has 11 heteroatoms. The second-order valence-electron chi connectivity index (χ2n) is 2.04. The summed E-state index contributed by atoms with van der Waals surface area (Å²) >= 11 is 0. The second kappa shape index (κ2) is 6.55. The second-order valence-corrected chi connectivity index (χ2v) is 2.94. The van der Waals surface area contributed by atoms with Crippen molar-refractivity contribution in [3.8, 4) is 0 Å². The lowest BCUT2D eigenvalue weighted by atomic mass is 10.5. The highest BCUT2D eigenvalue weighted by Gasteiger charge is 2.27. The molecule has 0 saturated heterocycles. The highest BCUT2D eigenvalue weighted by molar-refractivity contribution is 7.79. The van der Waals surface area contributed by atoms with Gasteiger partial charge in [-0.3, -0.25) is 13.9 Å². The van der Waals surface area contributed by atoms with Crippen LogP contribution in [0.1, 0.15) is 0 Å². The summed E-state index contributed by atoms with van der Waals surface area (Å²) in [6.07, 6.45) is -4.36. The molecule has 0 fully saturated rings. The largest absolute Gasteiger partial charge is 0.405 e. The molecule has 0 aliphatic rings. The molecular formula is C4H9F3N2O5S. The van der Waals surface area contributed by atoms with Gasteiger partial charge in [0.2, 0.25) is 5.91 Å². The van der Waals surface area contributed by atoms with E-state index < -0.39 is 35.6 Å². The number of carbonyl (C=O) groups excluding carboxylic acids is 1. The lowest BCUT2D eigenvalue weighted by molar-refractivity contribution is -0.137. The van der Waals surface area contributed by atoms with Crippen molar-refractivity contribution < 1.29 is 35.5 Å². The molecule has 5 N–H and O–H groups in total. The van der Waals surface area contributed by atoms with E-state index in [0.29, 0.717) is 0 Å². The third-order valence-electron chi connectivity index (χ3n) is 0.671. The minimum atomic E-state index is -4.67. The Morgan fingerprint density at radius 2 is 1.67 bits per heavy atom. The lowest BCUT2D eigenvalue weighted by Gasteiger charge is -2.05. The number of hydrogen-bond donors (Lipinski definition) is 4. The van der Waals surface area contributed by atoms with Crippen LogP contribution in [-0.4, -0.2) is 42.7 Å². The van der Waals surface area contributed by atoms with Gasteiger partial charge in [-0.1, -0.05) is 0 Å². The highest BCUT2D eigenvalue weighted by atomic mass is 32.3. The van der Waals surface area contributed by atoms with Crippen LogP contribution in [0.3, 0.4) is 0 Å². The number of carbonyl (C=O) groups is 1. The maximum Gasteiger partial charge on any atom is 0.405 e. The Hall–Kier alpha value is -0.910. The standard InChI is InChI=1S/C4H7F3N2O.H2O4S/c5-4(6,7)2-9-3(10)1-8;1-5(2,3)4/h1-2,8H2,(H,9,10);(H2,1,2,3,4). The van der Waals surface area contributed by atoms with E-state index in [2.05, 4.69) is 0 Å². The van der Waals surface area contributed by atoms with Gasteiger partial charge in [0.15, 0.2) is 0 Å². The number of nitrogens with two attached hydrogens (primary N) is 1. The summed E-state index contributed by atoms with van der Waals surface area (Å²) in [6, 6.07) is 0. The van der Waals surface area contributed by atoms with Crippen molar-refractivity contribution in [2.24, 2.45) is 5.73 Å². The number of amides is 1. The smallest absolute Gasteiger partial charge is 0.346 e. The van der Waals surface area contributed by atoms with Crippen molar-refractivity contribution in [1.82, 2.24) is 5.32 Å². The number of halogens is 3. The molecule has 0 unspecified atom stereocenters. The van der Waals surface area contributed by atoms with E-state index in [0.717, 1.165) is 0 Å². The van der Waals surface area contributed by atoms with Gasteiger partial charge in [0, 0.05) is 0 Å². The SMILES string of the molecule is NCC(=O)NCC(F)(F)F.O=S(=O)(O)O. The van der Waals surface area contributed by atoms with Crippen LogP contribution in [0.4, 0.5) is 13.2 Å². The van der Waals surface area contributed by atoms with Gasteiger partial charge in [0.25, 0.3) is 0 Å². The zero-order valence-electron chi connectivity index (χ0n) is 7.15. The van der Waals surface area contributed by atoms with Gasteiger partial charge < -0.3 is 11.1 Å². The van der Waals surface area contributed by atoms with Crippen LogP contribution in [0.5, 0.6) is 0 Å². The third-order valence-corrected chi connectivity index (χ3v) is 0.671. The van der Waals surface area contributed by atoms with Crippen LogP contribution in [0.2, 0.25) is 0 Å². The summed E-state index contributed by atoms with van der Waals surface area (Å²) < 4.78 is 65.5. The van der Waals surface area contributed by atoms with E-state index in [9.17, 15) is 18.0 Å². The summed E-state index contributed by atoms with van der Waals surface area (Å²) in [5.41, 5.74) is 4.72. The molecule has 0 atom stereocenters. The fourth-order valence-corrected chi connectivity index (χ4v) is 0.271. The molecule has 0 aromatic rings. The molecule has 92 valence electrons. The van der Waals surface area contributed by atoms with Gasteiger partial charge in [-0.05, 0) is 0 Å². The molecule has 15 heavy (non-hydrogen) atoms. The molecule has 0 spiro atoms. The zero-order valence-corrected chi connectivity index (χ0v) is 7.97. The first-order valence-corrected chi connectivity index (χ1v) is 4.59. The molecule has 0 rings (SSSR count). The average molecular weight is 254 g/mol. The molecule has 1 amide bonds. The zero-order chi connectivity index (χ0) is 12.7. The van der Waals surface area contributed by atoms with Crippen LogP contribution in [0.15, 0.2) is 0 Å². The Balaban J connectivity index is 0. The predicted octanol–water partition coefficient (Wildman–Crippen LogP) is -1.03. The lowest BCUT2D eigenvalue weighted by Crippen LogP contribution is -2.37. The van der Waals surface area contributed by atoms with Gasteiger partial charge in [0.05, 0.1) is 6.54 Å². The first-order chi connectivity index (χ1) is 6.45. The Bertz CT molecular complexity index is 279. The molecule has 0 bridgehead atoms. The van der Waals surface area contributed by atoms with E-state index in [1.54, 1.807) is 5.32 Å². The first-order valence-electron chi connectivity index (χ1n) is 3.19. The quantitative estimate of drug-likeness (QED) is 0.466. The summed E-state index contributed by atoms with van der Waals surface area (Å²) in [4.78, 5) is 10.1. The minimum Gasteiger partial charge on any atom is -0.346 e. The van der Waals surface area contributed by atoms with Crippen LogP contribution in [0, 0.1) is 0 Å². The third kappa shape index (κ3) is 32.0. The molecule has 7 nitrogen and oxygen atoms in total. The molecule has 0 heterocycles.